The molecule has 0 spiro atoms. The van der Waals surface area contributed by atoms with Crippen molar-refractivity contribution in [3.63, 3.8) is 0 Å². The van der Waals surface area contributed by atoms with Gasteiger partial charge in [0.05, 0.1) is 5.71 Å². The third-order valence-electron chi connectivity index (χ3n) is 3.03. The Hall–Kier alpha value is -2.24. The van der Waals surface area contributed by atoms with Crippen LogP contribution in [0.5, 0.6) is 0 Å². The standard InChI is InChI=1S/C13H16N4O2/c1-9(10-4-7-14-8-5-10)16-17-13(19)11-3-2-6-15-12(11)18/h4-5,7-8,11H,2-3,6H2,1H3,(H,15,18)(H,17,19)/b16-9+. The molecule has 1 fully saturated rings. The normalized spacial score (nSPS) is 19.7. The van der Waals surface area contributed by atoms with Gasteiger partial charge in [-0.3, -0.25) is 14.6 Å². The van der Waals surface area contributed by atoms with Crippen LogP contribution in [0.1, 0.15) is 25.3 Å². The first kappa shape index (κ1) is 13.2. The molecule has 19 heavy (non-hydrogen) atoms. The van der Waals surface area contributed by atoms with Crippen LogP contribution in [-0.2, 0) is 9.59 Å². The fourth-order valence-corrected chi connectivity index (χ4v) is 1.90. The summed E-state index contributed by atoms with van der Waals surface area (Å²) in [6.45, 7) is 2.43. The third-order valence-corrected chi connectivity index (χ3v) is 3.03. The van der Waals surface area contributed by atoms with Crippen LogP contribution in [0.4, 0.5) is 0 Å². The summed E-state index contributed by atoms with van der Waals surface area (Å²) in [5, 5.41) is 6.69. The van der Waals surface area contributed by atoms with Gasteiger partial charge in [-0.05, 0) is 31.9 Å². The van der Waals surface area contributed by atoms with Crippen molar-refractivity contribution in [2.75, 3.05) is 6.54 Å². The highest BCUT2D eigenvalue weighted by Crippen LogP contribution is 2.11. The molecule has 100 valence electrons. The Balaban J connectivity index is 1.97. The summed E-state index contributed by atoms with van der Waals surface area (Å²) in [6.07, 6.45) is 4.70. The van der Waals surface area contributed by atoms with Gasteiger partial charge in [-0.1, -0.05) is 0 Å². The lowest BCUT2D eigenvalue weighted by Crippen LogP contribution is -2.44. The summed E-state index contributed by atoms with van der Waals surface area (Å²) in [5.74, 6) is -1.21. The van der Waals surface area contributed by atoms with Crippen LogP contribution in [0.15, 0.2) is 29.6 Å². The van der Waals surface area contributed by atoms with Crippen LogP contribution in [0, 0.1) is 5.92 Å². The van der Waals surface area contributed by atoms with Gasteiger partial charge in [-0.2, -0.15) is 5.10 Å². The van der Waals surface area contributed by atoms with Crippen LogP contribution < -0.4 is 10.7 Å². The Morgan fingerprint density at radius 1 is 1.47 bits per heavy atom. The minimum atomic E-state index is -0.636. The van der Waals surface area contributed by atoms with E-state index in [1.165, 1.54) is 0 Å². The molecule has 0 saturated carbocycles. The molecule has 0 radical (unpaired) electrons. The molecule has 0 bridgehead atoms. The molecular weight excluding hydrogens is 244 g/mol. The van der Waals surface area contributed by atoms with Crippen LogP contribution in [-0.4, -0.2) is 29.1 Å². The topological polar surface area (TPSA) is 83.5 Å². The summed E-state index contributed by atoms with van der Waals surface area (Å²) < 4.78 is 0. The Bertz CT molecular complexity index is 499. The lowest BCUT2D eigenvalue weighted by Gasteiger charge is -2.19. The zero-order valence-corrected chi connectivity index (χ0v) is 10.7. The number of pyridine rings is 1. The predicted octanol–water partition coefficient (Wildman–Crippen LogP) is 0.448. The van der Waals surface area contributed by atoms with Crippen molar-refractivity contribution in [3.8, 4) is 0 Å². The number of nitrogens with zero attached hydrogens (tertiary/aromatic N) is 2. The van der Waals surface area contributed by atoms with Crippen LogP contribution >= 0.6 is 0 Å². The van der Waals surface area contributed by atoms with Gasteiger partial charge in [-0.25, -0.2) is 5.43 Å². The zero-order chi connectivity index (χ0) is 13.7. The second-order valence-corrected chi connectivity index (χ2v) is 4.39. The van der Waals surface area contributed by atoms with E-state index in [4.69, 9.17) is 0 Å². The Morgan fingerprint density at radius 3 is 2.89 bits per heavy atom. The molecule has 6 nitrogen and oxygen atoms in total. The fourth-order valence-electron chi connectivity index (χ4n) is 1.90. The molecule has 6 heteroatoms. The minimum absolute atomic E-state index is 0.222. The lowest BCUT2D eigenvalue weighted by atomic mass is 9.98. The van der Waals surface area contributed by atoms with E-state index in [-0.39, 0.29) is 11.8 Å². The highest BCUT2D eigenvalue weighted by Gasteiger charge is 2.28. The summed E-state index contributed by atoms with van der Waals surface area (Å²) >= 11 is 0. The van der Waals surface area contributed by atoms with E-state index in [1.54, 1.807) is 31.5 Å². The molecule has 2 amide bonds. The average Bonchev–Trinajstić information content (AvgIpc) is 2.46. The molecule has 1 aliphatic heterocycles. The Kier molecular flexibility index (Phi) is 4.22. The first-order valence-corrected chi connectivity index (χ1v) is 6.21. The van der Waals surface area contributed by atoms with Crippen molar-refractivity contribution in [2.45, 2.75) is 19.8 Å². The maximum absolute atomic E-state index is 11.9. The second kappa shape index (κ2) is 6.08. The highest BCUT2D eigenvalue weighted by atomic mass is 16.2. The molecule has 2 N–H and O–H groups in total. The van der Waals surface area contributed by atoms with E-state index >= 15 is 0 Å². The second-order valence-electron chi connectivity index (χ2n) is 4.39. The van der Waals surface area contributed by atoms with Crippen molar-refractivity contribution in [1.29, 1.82) is 0 Å². The number of rotatable bonds is 3. The van der Waals surface area contributed by atoms with Gasteiger partial charge in [0.25, 0.3) is 5.91 Å². The van der Waals surface area contributed by atoms with Crippen molar-refractivity contribution < 1.29 is 9.59 Å². The Morgan fingerprint density at radius 2 is 2.21 bits per heavy atom. The van der Waals surface area contributed by atoms with Crippen molar-refractivity contribution >= 4 is 17.5 Å². The molecule has 1 unspecified atom stereocenters. The molecule has 1 atom stereocenters. The average molecular weight is 260 g/mol. The lowest BCUT2D eigenvalue weighted by molar-refractivity contribution is -0.136. The van der Waals surface area contributed by atoms with E-state index in [0.29, 0.717) is 18.7 Å². The Labute approximate surface area is 111 Å². The number of amides is 2. The van der Waals surface area contributed by atoms with Crippen molar-refractivity contribution in [2.24, 2.45) is 11.0 Å². The maximum Gasteiger partial charge on any atom is 0.252 e. The fraction of sp³-hybridized carbons (Fsp3) is 0.385. The summed E-state index contributed by atoms with van der Waals surface area (Å²) in [7, 11) is 0. The monoisotopic (exact) mass is 260 g/mol. The van der Waals surface area contributed by atoms with Gasteiger partial charge in [0, 0.05) is 24.5 Å². The zero-order valence-electron chi connectivity index (χ0n) is 10.7. The number of nitrogens with one attached hydrogen (secondary N) is 2. The van der Waals surface area contributed by atoms with E-state index < -0.39 is 5.92 Å². The third kappa shape index (κ3) is 3.37. The molecule has 1 saturated heterocycles. The van der Waals surface area contributed by atoms with E-state index in [2.05, 4.69) is 20.8 Å². The van der Waals surface area contributed by atoms with Crippen LogP contribution in [0.3, 0.4) is 0 Å². The molecule has 1 aromatic heterocycles. The number of aromatic nitrogens is 1. The quantitative estimate of drug-likeness (QED) is 0.470. The van der Waals surface area contributed by atoms with E-state index in [0.717, 1.165) is 12.0 Å². The molecule has 2 rings (SSSR count). The first-order valence-electron chi connectivity index (χ1n) is 6.21. The number of hydrogen-bond acceptors (Lipinski definition) is 4. The number of carbonyl (C=O) groups excluding carboxylic acids is 2. The van der Waals surface area contributed by atoms with Gasteiger partial charge in [0.1, 0.15) is 5.92 Å². The number of hydrogen-bond donors (Lipinski definition) is 2. The predicted molar refractivity (Wildman–Crippen MR) is 70.3 cm³/mol. The molecule has 1 aromatic rings. The number of hydrazone groups is 1. The summed E-state index contributed by atoms with van der Waals surface area (Å²) in [5.41, 5.74) is 4.00. The van der Waals surface area contributed by atoms with Gasteiger partial charge < -0.3 is 5.32 Å². The number of carbonyl (C=O) groups is 2. The maximum atomic E-state index is 11.9. The molecule has 0 aromatic carbocycles. The van der Waals surface area contributed by atoms with Crippen molar-refractivity contribution in [1.82, 2.24) is 15.7 Å². The smallest absolute Gasteiger partial charge is 0.252 e. The first-order chi connectivity index (χ1) is 9.18. The van der Waals surface area contributed by atoms with Gasteiger partial charge in [0.2, 0.25) is 5.91 Å². The van der Waals surface area contributed by atoms with Gasteiger partial charge >= 0.3 is 0 Å². The highest BCUT2D eigenvalue weighted by molar-refractivity contribution is 6.02. The summed E-state index contributed by atoms with van der Waals surface area (Å²) in [6, 6.07) is 3.61. The van der Waals surface area contributed by atoms with E-state index in [1.807, 2.05) is 0 Å². The molecule has 2 heterocycles. The molecule has 1 aliphatic rings. The van der Waals surface area contributed by atoms with Crippen LogP contribution in [0.25, 0.3) is 0 Å². The van der Waals surface area contributed by atoms with Gasteiger partial charge in [-0.15, -0.1) is 0 Å². The number of piperidine rings is 1. The molecule has 0 aliphatic carbocycles. The van der Waals surface area contributed by atoms with Crippen LogP contribution in [0.2, 0.25) is 0 Å². The van der Waals surface area contributed by atoms with E-state index in [9.17, 15) is 9.59 Å². The van der Waals surface area contributed by atoms with Crippen molar-refractivity contribution in [3.05, 3.63) is 30.1 Å². The summed E-state index contributed by atoms with van der Waals surface area (Å²) in [4.78, 5) is 27.3. The van der Waals surface area contributed by atoms with Gasteiger partial charge in [0.15, 0.2) is 0 Å². The largest absolute Gasteiger partial charge is 0.355 e. The minimum Gasteiger partial charge on any atom is -0.355 e. The molecular formula is C13H16N4O2. The SMILES string of the molecule is C/C(=N\NC(=O)C1CCCNC1=O)c1ccncc1.